The molecule has 1 fully saturated rings. The van der Waals surface area contributed by atoms with Crippen LogP contribution in [0.5, 0.6) is 0 Å². The molecule has 4 heterocycles. The van der Waals surface area contributed by atoms with E-state index in [1.165, 1.54) is 5.70 Å². The van der Waals surface area contributed by atoms with Gasteiger partial charge in [-0.2, -0.15) is 0 Å². The van der Waals surface area contributed by atoms with Gasteiger partial charge in [-0.3, -0.25) is 4.99 Å². The molecular weight excluding hydrogens is 368 g/mol. The van der Waals surface area contributed by atoms with Crippen molar-refractivity contribution in [1.29, 1.82) is 0 Å². The highest BCUT2D eigenvalue weighted by molar-refractivity contribution is 6.18. The summed E-state index contributed by atoms with van der Waals surface area (Å²) in [5.74, 6) is 0. The summed E-state index contributed by atoms with van der Waals surface area (Å²) in [6.07, 6.45) is 10.7. The fourth-order valence-corrected chi connectivity index (χ4v) is 4.65. The quantitative estimate of drug-likeness (QED) is 0.798. The van der Waals surface area contributed by atoms with Crippen molar-refractivity contribution < 1.29 is 0 Å². The second-order valence-corrected chi connectivity index (χ2v) is 10.1. The number of hydrogen-bond donors (Lipinski definition) is 2. The first-order valence-electron chi connectivity index (χ1n) is 10.8. The second kappa shape index (κ2) is 6.90. The Labute approximate surface area is 179 Å². The molecule has 2 aliphatic heterocycles. The highest BCUT2D eigenvalue weighted by atomic mass is 15.2. The zero-order valence-electron chi connectivity index (χ0n) is 19.3. The zero-order chi connectivity index (χ0) is 21.7. The summed E-state index contributed by atoms with van der Waals surface area (Å²) >= 11 is 0. The summed E-state index contributed by atoms with van der Waals surface area (Å²) in [5.41, 5.74) is 4.91. The van der Waals surface area contributed by atoms with Crippen LogP contribution < -0.4 is 10.7 Å². The van der Waals surface area contributed by atoms with Crippen LogP contribution in [-0.4, -0.2) is 39.7 Å². The van der Waals surface area contributed by atoms with Gasteiger partial charge in [0.2, 0.25) is 0 Å². The van der Waals surface area contributed by atoms with Gasteiger partial charge in [0.05, 0.1) is 12.3 Å². The molecule has 0 amide bonds. The largest absolute Gasteiger partial charge is 0.372 e. The van der Waals surface area contributed by atoms with E-state index in [0.29, 0.717) is 0 Å². The fourth-order valence-electron chi connectivity index (χ4n) is 4.65. The summed E-state index contributed by atoms with van der Waals surface area (Å²) < 4.78 is 0. The van der Waals surface area contributed by atoms with Crippen LogP contribution in [0.15, 0.2) is 47.1 Å². The summed E-state index contributed by atoms with van der Waals surface area (Å²) in [4.78, 5) is 13.9. The van der Waals surface area contributed by atoms with E-state index in [-0.39, 0.29) is 16.4 Å². The maximum absolute atomic E-state index is 4.42. The third-order valence-electron chi connectivity index (χ3n) is 7.97. The Hall–Kier alpha value is -2.75. The molecule has 158 valence electrons. The van der Waals surface area contributed by atoms with Crippen LogP contribution >= 0.6 is 0 Å². The number of aromatic nitrogens is 2. The van der Waals surface area contributed by atoms with Crippen LogP contribution in [0.2, 0.25) is 0 Å². The molecular formula is C26H34N4. The lowest BCUT2D eigenvalue weighted by molar-refractivity contribution is 0.0718. The molecule has 2 aromatic heterocycles. The van der Waals surface area contributed by atoms with Crippen LogP contribution in [0.25, 0.3) is 18.2 Å². The van der Waals surface area contributed by atoms with Gasteiger partial charge in [0, 0.05) is 45.8 Å². The van der Waals surface area contributed by atoms with Crippen molar-refractivity contribution in [2.75, 3.05) is 13.6 Å². The number of aliphatic imine (C=N–C) groups is 1. The van der Waals surface area contributed by atoms with Crippen molar-refractivity contribution in [2.24, 2.45) is 15.8 Å². The van der Waals surface area contributed by atoms with Crippen molar-refractivity contribution in [2.45, 2.75) is 47.1 Å². The molecule has 4 nitrogen and oxygen atoms in total. The molecule has 30 heavy (non-hydrogen) atoms. The molecule has 0 bridgehead atoms. The van der Waals surface area contributed by atoms with Crippen LogP contribution in [-0.2, 0) is 0 Å². The Morgan fingerprint density at radius 2 is 1.50 bits per heavy atom. The molecule has 0 atom stereocenters. The van der Waals surface area contributed by atoms with Crippen LogP contribution in [0.3, 0.4) is 0 Å². The van der Waals surface area contributed by atoms with E-state index in [1.54, 1.807) is 0 Å². The van der Waals surface area contributed by atoms with E-state index >= 15 is 0 Å². The third-order valence-corrected chi connectivity index (χ3v) is 7.97. The summed E-state index contributed by atoms with van der Waals surface area (Å²) in [5, 5.41) is 2.14. The molecule has 1 saturated heterocycles. The minimum absolute atomic E-state index is 0.0713. The number of hydrogen-bond acceptors (Lipinski definition) is 2. The Kier molecular flexibility index (Phi) is 4.72. The highest BCUT2D eigenvalue weighted by Crippen LogP contribution is 2.60. The minimum atomic E-state index is 0.0713. The normalized spacial score (nSPS) is 24.3. The third kappa shape index (κ3) is 3.19. The van der Waals surface area contributed by atoms with E-state index in [4.69, 9.17) is 0 Å². The van der Waals surface area contributed by atoms with Gasteiger partial charge < -0.3 is 14.9 Å². The van der Waals surface area contributed by atoms with Crippen molar-refractivity contribution in [3.63, 3.8) is 0 Å². The number of aromatic amines is 2. The molecule has 4 heteroatoms. The Bertz CT molecular complexity index is 1160. The maximum atomic E-state index is 4.42. The molecule has 4 rings (SSSR count). The Morgan fingerprint density at radius 3 is 2.07 bits per heavy atom. The molecule has 2 aliphatic rings. The molecule has 0 aliphatic carbocycles. The fraction of sp³-hybridized carbons (Fsp3) is 0.423. The van der Waals surface area contributed by atoms with Crippen LogP contribution in [0, 0.1) is 10.8 Å². The van der Waals surface area contributed by atoms with Gasteiger partial charge in [-0.05, 0) is 67.8 Å². The minimum Gasteiger partial charge on any atom is -0.372 e. The number of nitrogens with zero attached hydrogens (tertiary/aromatic N) is 2. The first kappa shape index (κ1) is 20.5. The van der Waals surface area contributed by atoms with Crippen LogP contribution in [0.1, 0.15) is 52.9 Å². The lowest BCUT2D eigenvalue weighted by Gasteiger charge is -2.43. The zero-order valence-corrected chi connectivity index (χ0v) is 19.3. The van der Waals surface area contributed by atoms with Gasteiger partial charge >= 0.3 is 0 Å². The SMILES string of the molecule is CN1C(=Cc2ccc(/C=c3/cc/c(=C\C4=NCC=C4)[nH]3)[nH]2)C(C)(C)C(C)(C)C1(C)C. The molecule has 0 radical (unpaired) electrons. The summed E-state index contributed by atoms with van der Waals surface area (Å²) in [7, 11) is 2.22. The van der Waals surface area contributed by atoms with Crippen LogP contribution in [0.4, 0.5) is 0 Å². The molecule has 0 aromatic carbocycles. The highest BCUT2D eigenvalue weighted by Gasteiger charge is 2.59. The first-order valence-corrected chi connectivity index (χ1v) is 10.8. The van der Waals surface area contributed by atoms with Gasteiger partial charge in [-0.1, -0.05) is 33.8 Å². The van der Waals surface area contributed by atoms with E-state index in [0.717, 1.165) is 34.3 Å². The number of likely N-dealkylation sites (tertiary alicyclic amines) is 1. The average Bonchev–Trinajstić information content (AvgIpc) is 3.43. The number of H-pyrrole nitrogens is 2. The average molecular weight is 403 g/mol. The van der Waals surface area contributed by atoms with E-state index in [2.05, 4.69) is 123 Å². The number of nitrogens with one attached hydrogen (secondary N) is 2. The second-order valence-electron chi connectivity index (χ2n) is 10.1. The predicted molar refractivity (Wildman–Crippen MR) is 128 cm³/mol. The van der Waals surface area contributed by atoms with Gasteiger partial charge in [-0.15, -0.1) is 0 Å². The lowest BCUT2D eigenvalue weighted by Crippen LogP contribution is -2.46. The van der Waals surface area contributed by atoms with E-state index < -0.39 is 0 Å². The maximum Gasteiger partial charge on any atom is 0.0596 e. The van der Waals surface area contributed by atoms with Crippen molar-refractivity contribution in [1.82, 2.24) is 14.9 Å². The van der Waals surface area contributed by atoms with E-state index in [1.807, 2.05) is 0 Å². The van der Waals surface area contributed by atoms with E-state index in [9.17, 15) is 0 Å². The molecule has 2 N–H and O–H groups in total. The van der Waals surface area contributed by atoms with Gasteiger partial charge in [0.1, 0.15) is 0 Å². The summed E-state index contributed by atoms with van der Waals surface area (Å²) in [6.45, 7) is 15.0. The predicted octanol–water partition coefficient (Wildman–Crippen LogP) is 4.08. The Balaban J connectivity index is 1.63. The summed E-state index contributed by atoms with van der Waals surface area (Å²) in [6, 6.07) is 8.49. The molecule has 2 aromatic rings. The van der Waals surface area contributed by atoms with Gasteiger partial charge in [-0.25, -0.2) is 0 Å². The smallest absolute Gasteiger partial charge is 0.0596 e. The van der Waals surface area contributed by atoms with Crippen molar-refractivity contribution in [3.8, 4) is 0 Å². The Morgan fingerprint density at radius 1 is 0.867 bits per heavy atom. The van der Waals surface area contributed by atoms with Crippen molar-refractivity contribution >= 4 is 23.9 Å². The van der Waals surface area contributed by atoms with Gasteiger partial charge in [0.25, 0.3) is 0 Å². The number of allylic oxidation sites excluding steroid dienone is 2. The van der Waals surface area contributed by atoms with Gasteiger partial charge in [0.15, 0.2) is 0 Å². The monoisotopic (exact) mass is 402 g/mol. The first-order chi connectivity index (χ1) is 14.0. The van der Waals surface area contributed by atoms with Crippen molar-refractivity contribution in [3.05, 3.63) is 64.2 Å². The molecule has 0 spiro atoms. The molecule has 0 saturated carbocycles. The lowest BCUT2D eigenvalue weighted by atomic mass is 9.61. The standard InChI is InChI=1S/C26H34N4/c1-24(2)23(30(7)26(5,6)25(24,3)4)17-22-13-12-21(29-22)16-20-11-10-19(28-20)15-18-9-8-14-27-18/h8-13,15-17,28-29H,14H2,1-7H3/b19-15+,20-16-,23-17?. The molecule has 0 unspecified atom stereocenters. The topological polar surface area (TPSA) is 47.2 Å². The number of rotatable bonds is 3.